The van der Waals surface area contributed by atoms with E-state index in [1.807, 2.05) is 50.2 Å². The van der Waals surface area contributed by atoms with Gasteiger partial charge >= 0.3 is 5.97 Å². The maximum Gasteiger partial charge on any atom is 0.331 e. The van der Waals surface area contributed by atoms with E-state index in [2.05, 4.69) is 0 Å². The van der Waals surface area contributed by atoms with Gasteiger partial charge in [0.05, 0.1) is 0 Å². The van der Waals surface area contributed by atoms with Gasteiger partial charge in [-0.1, -0.05) is 83.4 Å². The van der Waals surface area contributed by atoms with E-state index in [0.717, 1.165) is 16.7 Å². The largest absolute Gasteiger partial charge is 0.446 e. The zero-order valence-electron chi connectivity index (χ0n) is 16.3. The summed E-state index contributed by atoms with van der Waals surface area (Å²) in [6, 6.07) is 21.7. The fourth-order valence-electron chi connectivity index (χ4n) is 2.78. The van der Waals surface area contributed by atoms with Crippen LogP contribution in [0.5, 0.6) is 0 Å². The quantitative estimate of drug-likeness (QED) is 0.281. The number of benzene rings is 3. The Labute approximate surface area is 175 Å². The van der Waals surface area contributed by atoms with Crippen molar-refractivity contribution in [2.45, 2.75) is 20.0 Å². The minimum atomic E-state index is -1.01. The van der Waals surface area contributed by atoms with Gasteiger partial charge in [0, 0.05) is 22.2 Å². The molecule has 0 aliphatic carbocycles. The Morgan fingerprint density at radius 3 is 1.97 bits per heavy atom. The van der Waals surface area contributed by atoms with Gasteiger partial charge in [0.25, 0.3) is 0 Å². The van der Waals surface area contributed by atoms with E-state index in [4.69, 9.17) is 16.3 Å². The molecular formula is C25H21ClO3. The number of ketones is 1. The van der Waals surface area contributed by atoms with Crippen molar-refractivity contribution in [3.63, 3.8) is 0 Å². The predicted molar refractivity (Wildman–Crippen MR) is 116 cm³/mol. The van der Waals surface area contributed by atoms with Crippen LogP contribution in [0.25, 0.3) is 6.08 Å². The molecule has 0 saturated carbocycles. The first-order valence-corrected chi connectivity index (χ1v) is 9.62. The van der Waals surface area contributed by atoms with Crippen LogP contribution in [0, 0.1) is 13.8 Å². The number of carbonyl (C=O) groups is 2. The van der Waals surface area contributed by atoms with Crippen molar-refractivity contribution in [1.82, 2.24) is 0 Å². The predicted octanol–water partition coefficient (Wildman–Crippen LogP) is 6.14. The smallest absolute Gasteiger partial charge is 0.331 e. The summed E-state index contributed by atoms with van der Waals surface area (Å²) in [6.45, 7) is 3.91. The van der Waals surface area contributed by atoms with E-state index in [0.29, 0.717) is 16.1 Å². The van der Waals surface area contributed by atoms with Gasteiger partial charge in [0.1, 0.15) is 0 Å². The van der Waals surface area contributed by atoms with Crippen molar-refractivity contribution in [3.05, 3.63) is 112 Å². The molecule has 3 aromatic carbocycles. The van der Waals surface area contributed by atoms with E-state index >= 15 is 0 Å². The number of hydrogen-bond acceptors (Lipinski definition) is 3. The lowest BCUT2D eigenvalue weighted by Crippen LogP contribution is -2.19. The van der Waals surface area contributed by atoms with E-state index < -0.39 is 12.1 Å². The summed E-state index contributed by atoms with van der Waals surface area (Å²) in [7, 11) is 0. The normalized spacial score (nSPS) is 12.0. The van der Waals surface area contributed by atoms with Crippen molar-refractivity contribution >= 4 is 29.4 Å². The molecule has 3 aromatic rings. The highest BCUT2D eigenvalue weighted by atomic mass is 35.5. The molecule has 0 amide bonds. The summed E-state index contributed by atoms with van der Waals surface area (Å²) < 4.78 is 5.57. The highest BCUT2D eigenvalue weighted by Crippen LogP contribution is 2.24. The van der Waals surface area contributed by atoms with Crippen molar-refractivity contribution in [2.24, 2.45) is 0 Å². The summed E-state index contributed by atoms with van der Waals surface area (Å²) >= 11 is 5.87. The molecule has 1 atom stereocenters. The van der Waals surface area contributed by atoms with Crippen LogP contribution in [0.4, 0.5) is 0 Å². The molecule has 0 aromatic heterocycles. The minimum absolute atomic E-state index is 0.262. The van der Waals surface area contributed by atoms with Crippen LogP contribution in [0.1, 0.15) is 38.7 Å². The third kappa shape index (κ3) is 5.66. The molecule has 0 fully saturated rings. The van der Waals surface area contributed by atoms with E-state index in [1.165, 1.54) is 6.08 Å². The summed E-state index contributed by atoms with van der Waals surface area (Å²) in [5.74, 6) is -0.854. The molecule has 3 rings (SSSR count). The number of rotatable bonds is 6. The summed E-state index contributed by atoms with van der Waals surface area (Å²) in [5.41, 5.74) is 4.05. The monoisotopic (exact) mass is 404 g/mol. The van der Waals surface area contributed by atoms with Crippen LogP contribution in [-0.4, -0.2) is 11.8 Å². The SMILES string of the molecule is Cc1ccc(C(=O)[C@@H](OC(=O)/C=C/c2ccc(Cl)cc2)c2ccc(C)cc2)cc1. The Balaban J connectivity index is 1.83. The zero-order chi connectivity index (χ0) is 20.8. The van der Waals surface area contributed by atoms with Crippen molar-refractivity contribution < 1.29 is 14.3 Å². The fourth-order valence-corrected chi connectivity index (χ4v) is 2.90. The summed E-state index contributed by atoms with van der Waals surface area (Å²) in [6.07, 6.45) is 1.93. The number of carbonyl (C=O) groups excluding carboxylic acids is 2. The number of Topliss-reactive ketones (excluding diaryl/α,β-unsaturated/α-hetero) is 1. The minimum Gasteiger partial charge on any atom is -0.446 e. The Morgan fingerprint density at radius 2 is 1.38 bits per heavy atom. The van der Waals surface area contributed by atoms with Crippen LogP contribution >= 0.6 is 11.6 Å². The molecule has 0 aliphatic rings. The summed E-state index contributed by atoms with van der Waals surface area (Å²) in [4.78, 5) is 25.5. The standard InChI is InChI=1S/C25H21ClO3/c1-17-3-10-20(11-4-17)24(28)25(21-12-5-18(2)6-13-21)29-23(27)16-9-19-7-14-22(26)15-8-19/h3-16,25H,1-2H3/b16-9+/t25-/m0/s1. The van der Waals surface area contributed by atoms with Gasteiger partial charge in [-0.3, -0.25) is 4.79 Å². The number of hydrogen-bond donors (Lipinski definition) is 0. The Kier molecular flexibility index (Phi) is 6.63. The first-order valence-electron chi connectivity index (χ1n) is 9.24. The molecule has 3 nitrogen and oxygen atoms in total. The van der Waals surface area contributed by atoms with Gasteiger partial charge in [-0.25, -0.2) is 4.79 Å². The fraction of sp³-hybridized carbons (Fsp3) is 0.120. The second-order valence-corrected chi connectivity index (χ2v) is 7.28. The van der Waals surface area contributed by atoms with Crippen LogP contribution < -0.4 is 0 Å². The highest BCUT2D eigenvalue weighted by Gasteiger charge is 2.25. The molecule has 0 heterocycles. The molecule has 4 heteroatoms. The van der Waals surface area contributed by atoms with E-state index in [-0.39, 0.29) is 5.78 Å². The van der Waals surface area contributed by atoms with Crippen molar-refractivity contribution in [3.8, 4) is 0 Å². The molecule has 0 unspecified atom stereocenters. The molecule has 146 valence electrons. The third-order valence-corrected chi connectivity index (χ3v) is 4.72. The lowest BCUT2D eigenvalue weighted by Gasteiger charge is -2.17. The maximum atomic E-state index is 13.1. The molecule has 0 aliphatic heterocycles. The molecule has 0 bridgehead atoms. The van der Waals surface area contributed by atoms with Gasteiger partial charge in [-0.15, -0.1) is 0 Å². The number of halogens is 1. The van der Waals surface area contributed by atoms with Crippen LogP contribution in [-0.2, 0) is 9.53 Å². The topological polar surface area (TPSA) is 43.4 Å². The second-order valence-electron chi connectivity index (χ2n) is 6.84. The highest BCUT2D eigenvalue weighted by molar-refractivity contribution is 6.30. The lowest BCUT2D eigenvalue weighted by molar-refractivity contribution is -0.141. The lowest BCUT2D eigenvalue weighted by atomic mass is 9.98. The first-order chi connectivity index (χ1) is 13.9. The molecule has 29 heavy (non-hydrogen) atoms. The first kappa shape index (κ1) is 20.6. The van der Waals surface area contributed by atoms with Gasteiger partial charge in [0.15, 0.2) is 6.10 Å². The van der Waals surface area contributed by atoms with Gasteiger partial charge < -0.3 is 4.74 Å². The molecular weight excluding hydrogens is 384 g/mol. The van der Waals surface area contributed by atoms with Crippen LogP contribution in [0.2, 0.25) is 5.02 Å². The number of esters is 1. The average molecular weight is 405 g/mol. The Morgan fingerprint density at radius 1 is 0.828 bits per heavy atom. The zero-order valence-corrected chi connectivity index (χ0v) is 17.0. The van der Waals surface area contributed by atoms with Gasteiger partial charge in [0.2, 0.25) is 5.78 Å². The Hall–Kier alpha value is -3.17. The molecule has 0 radical (unpaired) electrons. The van der Waals surface area contributed by atoms with Crippen LogP contribution in [0.3, 0.4) is 0 Å². The van der Waals surface area contributed by atoms with Crippen LogP contribution in [0.15, 0.2) is 78.9 Å². The van der Waals surface area contributed by atoms with E-state index in [1.54, 1.807) is 42.5 Å². The Bertz CT molecular complexity index is 1020. The van der Waals surface area contributed by atoms with Gasteiger partial charge in [-0.05, 0) is 37.6 Å². The van der Waals surface area contributed by atoms with E-state index in [9.17, 15) is 9.59 Å². The average Bonchev–Trinajstić information content (AvgIpc) is 2.72. The number of ether oxygens (including phenoxy) is 1. The number of aryl methyl sites for hydroxylation is 2. The molecule has 0 spiro atoms. The second kappa shape index (κ2) is 9.35. The van der Waals surface area contributed by atoms with Crippen molar-refractivity contribution in [2.75, 3.05) is 0 Å². The summed E-state index contributed by atoms with van der Waals surface area (Å²) in [5, 5.41) is 0.618. The van der Waals surface area contributed by atoms with Crippen molar-refractivity contribution in [1.29, 1.82) is 0 Å². The maximum absolute atomic E-state index is 13.1. The third-order valence-electron chi connectivity index (χ3n) is 4.47. The molecule has 0 saturated heterocycles. The van der Waals surface area contributed by atoms with Gasteiger partial charge in [-0.2, -0.15) is 0 Å². The molecule has 0 N–H and O–H groups in total.